The van der Waals surface area contributed by atoms with Crippen LogP contribution in [-0.4, -0.2) is 20.7 Å². The lowest BCUT2D eigenvalue weighted by atomic mass is 10.1. The first-order valence-electron chi connectivity index (χ1n) is 4.87. The zero-order valence-electron chi connectivity index (χ0n) is 8.79. The number of rotatable bonds is 2. The Bertz CT molecular complexity index is 611. The Kier molecular flexibility index (Phi) is 2.66. The van der Waals surface area contributed by atoms with Crippen LogP contribution in [-0.2, 0) is 0 Å². The molecule has 1 aromatic carbocycles. The molecule has 5 nitrogen and oxygen atoms in total. The predicted molar refractivity (Wildman–Crippen MR) is 60.2 cm³/mol. The summed E-state index contributed by atoms with van der Waals surface area (Å²) in [4.78, 5) is 11.0. The summed E-state index contributed by atoms with van der Waals surface area (Å²) in [6.45, 7) is 0. The largest absolute Gasteiger partial charge is 0.508 e. The molecule has 0 spiro atoms. The van der Waals surface area contributed by atoms with Crippen LogP contribution in [0.5, 0.6) is 5.75 Å². The van der Waals surface area contributed by atoms with Crippen LogP contribution in [0, 0.1) is 5.41 Å². The number of carbonyl (C=O) groups is 1. The van der Waals surface area contributed by atoms with Gasteiger partial charge in [-0.05, 0) is 24.3 Å². The first-order chi connectivity index (χ1) is 8.08. The van der Waals surface area contributed by atoms with Crippen molar-refractivity contribution in [2.75, 3.05) is 0 Å². The molecule has 1 heterocycles. The molecule has 0 saturated carbocycles. The van der Waals surface area contributed by atoms with Gasteiger partial charge in [-0.3, -0.25) is 0 Å². The van der Waals surface area contributed by atoms with Crippen LogP contribution in [0.15, 0.2) is 42.7 Å². The van der Waals surface area contributed by atoms with Gasteiger partial charge in [-0.15, -0.1) is 0 Å². The molecule has 86 valence electrons. The molecule has 2 aromatic rings. The average Bonchev–Trinajstić information content (AvgIpc) is 2.29. The van der Waals surface area contributed by atoms with Crippen LogP contribution in [0.1, 0.15) is 10.4 Å². The summed E-state index contributed by atoms with van der Waals surface area (Å²) in [5.41, 5.74) is 0.447. The van der Waals surface area contributed by atoms with Crippen molar-refractivity contribution in [3.63, 3.8) is 0 Å². The molecular weight excluding hydrogens is 220 g/mol. The highest BCUT2D eigenvalue weighted by Crippen LogP contribution is 2.20. The van der Waals surface area contributed by atoms with Gasteiger partial charge in [0.05, 0.1) is 16.6 Å². The molecule has 0 aliphatic rings. The third-order valence-electron chi connectivity index (χ3n) is 2.32. The summed E-state index contributed by atoms with van der Waals surface area (Å²) in [7, 11) is 0. The molecule has 1 aromatic heterocycles. The van der Waals surface area contributed by atoms with Crippen molar-refractivity contribution in [3.8, 4) is 11.4 Å². The Hall–Kier alpha value is -2.56. The van der Waals surface area contributed by atoms with E-state index >= 15 is 0 Å². The summed E-state index contributed by atoms with van der Waals surface area (Å²) in [5, 5.41) is 26.1. The molecule has 5 heteroatoms. The summed E-state index contributed by atoms with van der Waals surface area (Å²) < 4.78 is 1.54. The van der Waals surface area contributed by atoms with Gasteiger partial charge >= 0.3 is 5.97 Å². The molecule has 0 unspecified atom stereocenters. The highest BCUT2D eigenvalue weighted by atomic mass is 16.4. The number of carboxylic acid groups (broad SMARTS) is 1. The Morgan fingerprint density at radius 2 is 1.82 bits per heavy atom. The molecule has 17 heavy (non-hydrogen) atoms. The fourth-order valence-corrected chi connectivity index (χ4v) is 1.50. The molecule has 0 fully saturated rings. The van der Waals surface area contributed by atoms with Gasteiger partial charge in [0.25, 0.3) is 0 Å². The number of aromatic hydroxyl groups is 1. The molecule has 0 amide bonds. The zero-order valence-corrected chi connectivity index (χ0v) is 8.79. The lowest BCUT2D eigenvalue weighted by Gasteiger charge is -2.09. The topological polar surface area (TPSA) is 86.3 Å². The smallest absolute Gasteiger partial charge is 0.337 e. The summed E-state index contributed by atoms with van der Waals surface area (Å²) in [6.07, 6.45) is 3.15. The van der Waals surface area contributed by atoms with E-state index in [0.717, 1.165) is 0 Å². The number of phenols is 1. The normalized spacial score (nSPS) is 10.1. The van der Waals surface area contributed by atoms with Crippen LogP contribution in [0.3, 0.4) is 0 Å². The quantitative estimate of drug-likeness (QED) is 0.728. The Morgan fingerprint density at radius 1 is 1.18 bits per heavy atom. The predicted octanol–water partition coefficient (Wildman–Crippen LogP) is 1.36. The number of benzene rings is 1. The Balaban J connectivity index is 2.64. The van der Waals surface area contributed by atoms with Gasteiger partial charge in [-0.2, -0.15) is 0 Å². The third kappa shape index (κ3) is 2.17. The van der Waals surface area contributed by atoms with E-state index in [2.05, 4.69) is 0 Å². The van der Waals surface area contributed by atoms with E-state index in [4.69, 9.17) is 10.5 Å². The maximum absolute atomic E-state index is 11.0. The monoisotopic (exact) mass is 230 g/mol. The van der Waals surface area contributed by atoms with Crippen molar-refractivity contribution < 1.29 is 15.0 Å². The lowest BCUT2D eigenvalue weighted by molar-refractivity contribution is 0.0697. The van der Waals surface area contributed by atoms with Gasteiger partial charge in [0.1, 0.15) is 5.75 Å². The van der Waals surface area contributed by atoms with Gasteiger partial charge in [0, 0.05) is 18.5 Å². The number of nitrogens with zero attached hydrogens (tertiary/aromatic N) is 1. The number of hydrogen-bond donors (Lipinski definition) is 3. The van der Waals surface area contributed by atoms with Crippen LogP contribution in [0.4, 0.5) is 0 Å². The minimum atomic E-state index is -1.07. The second-order valence-electron chi connectivity index (χ2n) is 3.50. The first-order valence-corrected chi connectivity index (χ1v) is 4.87. The van der Waals surface area contributed by atoms with Crippen LogP contribution >= 0.6 is 0 Å². The van der Waals surface area contributed by atoms with Gasteiger partial charge in [0.2, 0.25) is 0 Å². The maximum Gasteiger partial charge on any atom is 0.337 e. The third-order valence-corrected chi connectivity index (χ3v) is 2.32. The van der Waals surface area contributed by atoms with Crippen LogP contribution in [0.25, 0.3) is 5.69 Å². The van der Waals surface area contributed by atoms with Crippen molar-refractivity contribution >= 4 is 5.97 Å². The van der Waals surface area contributed by atoms with E-state index in [-0.39, 0.29) is 11.3 Å². The summed E-state index contributed by atoms with van der Waals surface area (Å²) in [5.74, 6) is -1.07. The molecule has 0 bridgehead atoms. The summed E-state index contributed by atoms with van der Waals surface area (Å²) >= 11 is 0. The minimum Gasteiger partial charge on any atom is -0.508 e. The number of phenolic OH excluding ortho intramolecular Hbond substituents is 1. The van der Waals surface area contributed by atoms with E-state index < -0.39 is 5.97 Å². The first kappa shape index (κ1) is 10.9. The molecule has 3 N–H and O–H groups in total. The average molecular weight is 230 g/mol. The van der Waals surface area contributed by atoms with Crippen molar-refractivity contribution in [2.45, 2.75) is 0 Å². The Morgan fingerprint density at radius 3 is 2.41 bits per heavy atom. The van der Waals surface area contributed by atoms with Crippen LogP contribution < -0.4 is 5.36 Å². The van der Waals surface area contributed by atoms with E-state index in [1.165, 1.54) is 30.3 Å². The fourth-order valence-electron chi connectivity index (χ4n) is 1.50. The number of aromatic carboxylic acids is 1. The number of hydrogen-bond acceptors (Lipinski definition) is 3. The van der Waals surface area contributed by atoms with Gasteiger partial charge < -0.3 is 20.2 Å². The van der Waals surface area contributed by atoms with E-state index in [1.54, 1.807) is 17.0 Å². The maximum atomic E-state index is 11.0. The molecule has 2 rings (SSSR count). The van der Waals surface area contributed by atoms with E-state index in [0.29, 0.717) is 11.0 Å². The van der Waals surface area contributed by atoms with E-state index in [9.17, 15) is 9.90 Å². The molecule has 0 aliphatic heterocycles. The number of aromatic nitrogens is 1. The molecule has 0 radical (unpaired) electrons. The SMILES string of the molecule is N=c1ccn(-c2cc(O)ccc2C(=O)O)cc1. The summed E-state index contributed by atoms with van der Waals surface area (Å²) in [6, 6.07) is 7.11. The fraction of sp³-hybridized carbons (Fsp3) is 0. The molecular formula is C12H10N2O3. The zero-order chi connectivity index (χ0) is 12.4. The highest BCUT2D eigenvalue weighted by molar-refractivity contribution is 5.92. The van der Waals surface area contributed by atoms with Crippen molar-refractivity contribution in [3.05, 3.63) is 53.6 Å². The minimum absolute atomic E-state index is 0.00699. The second-order valence-corrected chi connectivity index (χ2v) is 3.50. The Labute approximate surface area is 96.7 Å². The van der Waals surface area contributed by atoms with Gasteiger partial charge in [-0.25, -0.2) is 4.79 Å². The van der Waals surface area contributed by atoms with E-state index in [1.807, 2.05) is 0 Å². The number of nitrogens with one attached hydrogen (secondary N) is 1. The van der Waals surface area contributed by atoms with Gasteiger partial charge in [0.15, 0.2) is 0 Å². The molecule has 0 aliphatic carbocycles. The van der Waals surface area contributed by atoms with Crippen molar-refractivity contribution in [1.82, 2.24) is 4.57 Å². The van der Waals surface area contributed by atoms with Gasteiger partial charge in [-0.1, -0.05) is 0 Å². The molecule has 0 atom stereocenters. The number of carboxylic acids is 1. The standard InChI is InChI=1S/C12H10N2O3/c13-8-3-5-14(6-4-8)11-7-9(15)1-2-10(11)12(16)17/h1-7,13,15H,(H,16,17). The van der Waals surface area contributed by atoms with Crippen molar-refractivity contribution in [2.24, 2.45) is 0 Å². The second kappa shape index (κ2) is 4.13. The molecule has 0 saturated heterocycles. The number of pyridine rings is 1. The highest BCUT2D eigenvalue weighted by Gasteiger charge is 2.11. The van der Waals surface area contributed by atoms with Crippen molar-refractivity contribution in [1.29, 1.82) is 5.41 Å². The lowest BCUT2D eigenvalue weighted by Crippen LogP contribution is -2.07. The van der Waals surface area contributed by atoms with Crippen LogP contribution in [0.2, 0.25) is 0 Å².